The number of hydrogen-bond acceptors (Lipinski definition) is 7. The number of carbonyl (C=O) groups is 2. The predicted molar refractivity (Wildman–Crippen MR) is 127 cm³/mol. The van der Waals surface area contributed by atoms with E-state index in [9.17, 15) is 14.0 Å². The number of anilines is 1. The SMILES string of the molecule is C[C@@H](Oc1cc(Cl)nnc1N(C(=O)OC(C)(C)C)C(=O)OC(C)(C)C)c1c(Cl)ccc(F)c1Cl. The van der Waals surface area contributed by atoms with E-state index in [-0.39, 0.29) is 32.3 Å². The van der Waals surface area contributed by atoms with Crippen LogP contribution in [0.5, 0.6) is 5.75 Å². The molecule has 1 heterocycles. The van der Waals surface area contributed by atoms with Crippen LogP contribution in [0.15, 0.2) is 18.2 Å². The lowest BCUT2D eigenvalue weighted by molar-refractivity contribution is 0.0426. The highest BCUT2D eigenvalue weighted by molar-refractivity contribution is 6.36. The van der Waals surface area contributed by atoms with Gasteiger partial charge in [0.05, 0.1) is 5.02 Å². The van der Waals surface area contributed by atoms with Crippen LogP contribution < -0.4 is 9.64 Å². The van der Waals surface area contributed by atoms with Crippen molar-refractivity contribution in [3.63, 3.8) is 0 Å². The lowest BCUT2D eigenvalue weighted by Crippen LogP contribution is -2.44. The van der Waals surface area contributed by atoms with E-state index in [1.807, 2.05) is 0 Å². The Morgan fingerprint density at radius 3 is 2.00 bits per heavy atom. The van der Waals surface area contributed by atoms with Gasteiger partial charge in [-0.1, -0.05) is 34.8 Å². The number of nitrogens with zero attached hydrogens (tertiary/aromatic N) is 3. The summed E-state index contributed by atoms with van der Waals surface area (Å²) < 4.78 is 30.6. The molecule has 0 aliphatic carbocycles. The Morgan fingerprint density at radius 2 is 1.50 bits per heavy atom. The first-order valence-corrected chi connectivity index (χ1v) is 11.2. The number of imide groups is 1. The molecule has 0 saturated heterocycles. The summed E-state index contributed by atoms with van der Waals surface area (Å²) in [5.41, 5.74) is -1.76. The zero-order valence-corrected chi connectivity index (χ0v) is 22.0. The number of hydrogen-bond donors (Lipinski definition) is 0. The van der Waals surface area contributed by atoms with Crippen LogP contribution in [0.25, 0.3) is 0 Å². The lowest BCUT2D eigenvalue weighted by Gasteiger charge is -2.29. The number of benzene rings is 1. The Hall–Kier alpha value is -2.36. The molecule has 1 atom stereocenters. The molecular formula is C22H25Cl3FN3O5. The van der Waals surface area contributed by atoms with E-state index in [1.54, 1.807) is 41.5 Å². The molecule has 0 aliphatic heterocycles. The zero-order chi connectivity index (χ0) is 26.0. The third-order valence-corrected chi connectivity index (χ3v) is 4.76. The molecule has 0 unspecified atom stereocenters. The summed E-state index contributed by atoms with van der Waals surface area (Å²) in [5.74, 6) is -1.21. The van der Waals surface area contributed by atoms with Gasteiger partial charge in [0.1, 0.15) is 23.1 Å². The highest BCUT2D eigenvalue weighted by atomic mass is 35.5. The van der Waals surface area contributed by atoms with Crippen LogP contribution in [0.3, 0.4) is 0 Å². The molecule has 1 aromatic carbocycles. The van der Waals surface area contributed by atoms with Gasteiger partial charge in [-0.05, 0) is 60.6 Å². The van der Waals surface area contributed by atoms with Crippen LogP contribution in [-0.2, 0) is 9.47 Å². The number of halogens is 4. The van der Waals surface area contributed by atoms with Gasteiger partial charge >= 0.3 is 12.2 Å². The maximum atomic E-state index is 14.0. The first-order valence-electron chi connectivity index (χ1n) is 10.1. The van der Waals surface area contributed by atoms with Crippen LogP contribution >= 0.6 is 34.8 Å². The van der Waals surface area contributed by atoms with Crippen molar-refractivity contribution in [1.29, 1.82) is 0 Å². The van der Waals surface area contributed by atoms with Crippen molar-refractivity contribution < 1.29 is 28.2 Å². The van der Waals surface area contributed by atoms with Gasteiger partial charge in [0.15, 0.2) is 10.9 Å². The van der Waals surface area contributed by atoms with Crippen LogP contribution in [0.2, 0.25) is 15.2 Å². The molecule has 12 heteroatoms. The second kappa shape index (κ2) is 10.5. The van der Waals surface area contributed by atoms with Crippen molar-refractivity contribution in [2.45, 2.75) is 65.8 Å². The molecule has 0 aliphatic rings. The van der Waals surface area contributed by atoms with Gasteiger partial charge in [-0.3, -0.25) is 0 Å². The molecule has 2 amide bonds. The minimum atomic E-state index is -1.09. The largest absolute Gasteiger partial charge is 0.482 e. The Bertz CT molecular complexity index is 1060. The molecule has 0 fully saturated rings. The Labute approximate surface area is 212 Å². The maximum absolute atomic E-state index is 14.0. The molecule has 0 spiro atoms. The van der Waals surface area contributed by atoms with E-state index in [0.717, 1.165) is 6.07 Å². The number of aromatic nitrogens is 2. The van der Waals surface area contributed by atoms with Crippen molar-refractivity contribution in [2.24, 2.45) is 0 Å². The van der Waals surface area contributed by atoms with Crippen molar-refractivity contribution in [3.8, 4) is 5.75 Å². The normalized spacial score (nSPS) is 12.7. The van der Waals surface area contributed by atoms with E-state index < -0.39 is 35.3 Å². The van der Waals surface area contributed by atoms with Crippen molar-refractivity contribution in [3.05, 3.63) is 44.8 Å². The first kappa shape index (κ1) is 27.9. The molecule has 0 bridgehead atoms. The van der Waals surface area contributed by atoms with E-state index in [4.69, 9.17) is 49.0 Å². The summed E-state index contributed by atoms with van der Waals surface area (Å²) in [4.78, 5) is 26.5. The summed E-state index contributed by atoms with van der Waals surface area (Å²) in [5, 5.41) is 7.38. The van der Waals surface area contributed by atoms with Crippen molar-refractivity contribution in [2.75, 3.05) is 4.90 Å². The highest BCUT2D eigenvalue weighted by Crippen LogP contribution is 2.38. The fourth-order valence-corrected chi connectivity index (χ4v) is 3.43. The Kier molecular flexibility index (Phi) is 8.61. The summed E-state index contributed by atoms with van der Waals surface area (Å²) in [7, 11) is 0. The fraction of sp³-hybridized carbons (Fsp3) is 0.455. The summed E-state index contributed by atoms with van der Waals surface area (Å²) in [6.07, 6.45) is -3.12. The first-order chi connectivity index (χ1) is 15.5. The van der Waals surface area contributed by atoms with Crippen LogP contribution in [0, 0.1) is 5.82 Å². The topological polar surface area (TPSA) is 90.9 Å². The summed E-state index contributed by atoms with van der Waals surface area (Å²) in [6, 6.07) is 3.66. The zero-order valence-electron chi connectivity index (χ0n) is 19.7. The Balaban J connectivity index is 2.58. The van der Waals surface area contributed by atoms with Gasteiger partial charge in [-0.2, -0.15) is 4.90 Å². The van der Waals surface area contributed by atoms with E-state index in [2.05, 4.69) is 10.2 Å². The fourth-order valence-electron chi connectivity index (χ4n) is 2.62. The quantitative estimate of drug-likeness (QED) is 0.376. The minimum absolute atomic E-state index is 0.101. The van der Waals surface area contributed by atoms with E-state index >= 15 is 0 Å². The van der Waals surface area contributed by atoms with Crippen LogP contribution in [0.1, 0.15) is 60.1 Å². The average Bonchev–Trinajstić information content (AvgIpc) is 2.64. The van der Waals surface area contributed by atoms with Crippen LogP contribution in [0.4, 0.5) is 19.8 Å². The van der Waals surface area contributed by atoms with Gasteiger partial charge in [-0.25, -0.2) is 14.0 Å². The number of carbonyl (C=O) groups excluding carboxylic acids is 2. The van der Waals surface area contributed by atoms with Gasteiger partial charge in [0.2, 0.25) is 5.82 Å². The highest BCUT2D eigenvalue weighted by Gasteiger charge is 2.36. The van der Waals surface area contributed by atoms with Gasteiger partial charge in [0, 0.05) is 16.7 Å². The monoisotopic (exact) mass is 535 g/mol. The summed E-state index contributed by atoms with van der Waals surface area (Å²) >= 11 is 18.3. The van der Waals surface area contributed by atoms with Crippen LogP contribution in [-0.4, -0.2) is 33.6 Å². The second-order valence-electron chi connectivity index (χ2n) is 9.17. The van der Waals surface area contributed by atoms with Crippen molar-refractivity contribution >= 4 is 52.8 Å². The molecule has 2 aromatic rings. The molecule has 0 radical (unpaired) electrons. The second-order valence-corrected chi connectivity index (χ2v) is 10.3. The standard InChI is InChI=1S/C22H25Cl3FN3O5/c1-11(16-12(23)8-9-13(26)17(16)25)32-14-10-15(24)27-28-18(14)29(19(30)33-21(2,3)4)20(31)34-22(5,6)7/h8-11H,1-7H3/t11-/m1/s1. The molecule has 1 aromatic heterocycles. The van der Waals surface area contributed by atoms with Gasteiger partial charge < -0.3 is 14.2 Å². The van der Waals surface area contributed by atoms with Gasteiger partial charge in [-0.15, -0.1) is 10.2 Å². The van der Waals surface area contributed by atoms with Gasteiger partial charge in [0.25, 0.3) is 0 Å². The lowest BCUT2D eigenvalue weighted by atomic mass is 10.1. The van der Waals surface area contributed by atoms with E-state index in [0.29, 0.717) is 4.90 Å². The summed E-state index contributed by atoms with van der Waals surface area (Å²) in [6.45, 7) is 11.3. The molecule has 186 valence electrons. The third-order valence-electron chi connectivity index (χ3n) is 3.86. The Morgan fingerprint density at radius 1 is 0.971 bits per heavy atom. The molecule has 2 rings (SSSR count). The minimum Gasteiger partial charge on any atom is -0.482 e. The molecule has 0 saturated carbocycles. The molecule has 34 heavy (non-hydrogen) atoms. The molecular weight excluding hydrogens is 512 g/mol. The van der Waals surface area contributed by atoms with Crippen molar-refractivity contribution in [1.82, 2.24) is 10.2 Å². The number of rotatable bonds is 4. The number of ether oxygens (including phenoxy) is 3. The smallest absolute Gasteiger partial charge is 0.425 e. The molecule has 0 N–H and O–H groups in total. The third kappa shape index (κ3) is 7.32. The number of amides is 2. The molecule has 8 nitrogen and oxygen atoms in total. The average molecular weight is 537 g/mol. The van der Waals surface area contributed by atoms with E-state index in [1.165, 1.54) is 19.1 Å². The predicted octanol–water partition coefficient (Wildman–Crippen LogP) is 7.39. The maximum Gasteiger partial charge on any atom is 0.425 e.